The Labute approximate surface area is 153 Å². The van der Waals surface area contributed by atoms with Crippen LogP contribution in [-0.4, -0.2) is 34.6 Å². The van der Waals surface area contributed by atoms with Crippen LogP contribution in [0.2, 0.25) is 0 Å². The summed E-state index contributed by atoms with van der Waals surface area (Å²) < 4.78 is 32.5. The predicted octanol–water partition coefficient (Wildman–Crippen LogP) is 2.47. The number of nitrogens with one attached hydrogen (secondary N) is 1. The zero-order valence-electron chi connectivity index (χ0n) is 14.9. The van der Waals surface area contributed by atoms with Crippen LogP contribution in [0.25, 0.3) is 0 Å². The summed E-state index contributed by atoms with van der Waals surface area (Å²) in [5, 5.41) is 0. The van der Waals surface area contributed by atoms with Crippen molar-refractivity contribution in [3.63, 3.8) is 0 Å². The number of carbonyl (C=O) groups excluding carboxylic acids is 1. The van der Waals surface area contributed by atoms with Gasteiger partial charge in [-0.05, 0) is 48.2 Å². The summed E-state index contributed by atoms with van der Waals surface area (Å²) in [6.07, 6.45) is 0.693. The van der Waals surface area contributed by atoms with Crippen molar-refractivity contribution in [1.82, 2.24) is 0 Å². The lowest BCUT2D eigenvalue weighted by molar-refractivity contribution is -0.122. The number of nitrogens with zero attached hydrogens (tertiary/aromatic N) is 1. The molecule has 0 atom stereocenters. The average molecular weight is 374 g/mol. The molecule has 6 nitrogen and oxygen atoms in total. The number of aryl methyl sites for hydroxylation is 1. The molecule has 1 heterocycles. The molecule has 0 radical (unpaired) electrons. The maximum absolute atomic E-state index is 12.5. The highest BCUT2D eigenvalue weighted by Gasteiger charge is 2.25. The summed E-state index contributed by atoms with van der Waals surface area (Å²) in [6, 6.07) is 12.7. The van der Waals surface area contributed by atoms with Crippen LogP contribution in [0.3, 0.4) is 0 Å². The van der Waals surface area contributed by atoms with Crippen LogP contribution >= 0.6 is 0 Å². The summed E-state index contributed by atoms with van der Waals surface area (Å²) in [5.41, 5.74) is 3.99. The standard InChI is InChI=1S/C19H22N2O4S/c1-14-5-3-4-6-16(14)13-26(23,24)20-17-7-8-18-15(11-17)9-10-21(18)19(22)12-25-2/h3-8,11,20H,9-10,12-13H2,1-2H3. The molecule has 3 rings (SSSR count). The molecule has 0 aromatic heterocycles. The molecule has 0 fully saturated rings. The minimum atomic E-state index is -3.52. The van der Waals surface area contributed by atoms with Crippen LogP contribution in [0.15, 0.2) is 42.5 Å². The van der Waals surface area contributed by atoms with Gasteiger partial charge in [-0.3, -0.25) is 9.52 Å². The lowest BCUT2D eigenvalue weighted by Crippen LogP contribution is -2.31. The van der Waals surface area contributed by atoms with Gasteiger partial charge in [0.05, 0.1) is 5.75 Å². The van der Waals surface area contributed by atoms with Crippen LogP contribution in [-0.2, 0) is 31.7 Å². The summed E-state index contributed by atoms with van der Waals surface area (Å²) in [5.74, 6) is -0.172. The average Bonchev–Trinajstić information content (AvgIpc) is 3.00. The first-order valence-electron chi connectivity index (χ1n) is 8.37. The van der Waals surface area contributed by atoms with Crippen molar-refractivity contribution >= 4 is 27.3 Å². The first-order valence-corrected chi connectivity index (χ1v) is 10.0. The Morgan fingerprint density at radius 2 is 2.00 bits per heavy atom. The summed E-state index contributed by atoms with van der Waals surface area (Å²) in [6.45, 7) is 2.51. The van der Waals surface area contributed by atoms with E-state index in [-0.39, 0.29) is 18.3 Å². The molecule has 0 saturated carbocycles. The van der Waals surface area contributed by atoms with Crippen molar-refractivity contribution in [2.45, 2.75) is 19.1 Å². The van der Waals surface area contributed by atoms with E-state index < -0.39 is 10.0 Å². The highest BCUT2D eigenvalue weighted by atomic mass is 32.2. The number of hydrogen-bond donors (Lipinski definition) is 1. The van der Waals surface area contributed by atoms with Crippen molar-refractivity contribution in [2.24, 2.45) is 0 Å². The quantitative estimate of drug-likeness (QED) is 0.843. The van der Waals surface area contributed by atoms with Gasteiger partial charge in [-0.15, -0.1) is 0 Å². The largest absolute Gasteiger partial charge is 0.375 e. The molecule has 2 aromatic rings. The Morgan fingerprint density at radius 3 is 2.73 bits per heavy atom. The molecule has 2 aromatic carbocycles. The number of benzene rings is 2. The van der Waals surface area contributed by atoms with Crippen LogP contribution in [0, 0.1) is 6.92 Å². The van der Waals surface area contributed by atoms with Crippen LogP contribution < -0.4 is 9.62 Å². The van der Waals surface area contributed by atoms with Gasteiger partial charge in [0.1, 0.15) is 6.61 Å². The molecular weight excluding hydrogens is 352 g/mol. The number of carbonyl (C=O) groups is 1. The van der Waals surface area contributed by atoms with Gasteiger partial charge in [-0.2, -0.15) is 0 Å². The van der Waals surface area contributed by atoms with Crippen molar-refractivity contribution < 1.29 is 17.9 Å². The fraction of sp³-hybridized carbons (Fsp3) is 0.316. The van der Waals surface area contributed by atoms with E-state index in [1.807, 2.05) is 31.2 Å². The fourth-order valence-corrected chi connectivity index (χ4v) is 4.41. The Bertz CT molecular complexity index is 925. The SMILES string of the molecule is COCC(=O)N1CCc2cc(NS(=O)(=O)Cc3ccccc3C)ccc21. The molecule has 1 aliphatic rings. The molecule has 0 unspecified atom stereocenters. The highest BCUT2D eigenvalue weighted by molar-refractivity contribution is 7.91. The van der Waals surface area contributed by atoms with Gasteiger partial charge < -0.3 is 9.64 Å². The summed E-state index contributed by atoms with van der Waals surface area (Å²) >= 11 is 0. The maximum Gasteiger partial charge on any atom is 0.252 e. The Balaban J connectivity index is 1.75. The molecule has 0 aliphatic carbocycles. The zero-order valence-corrected chi connectivity index (χ0v) is 15.7. The second-order valence-electron chi connectivity index (χ2n) is 6.36. The first-order chi connectivity index (χ1) is 12.4. The zero-order chi connectivity index (χ0) is 18.7. The number of methoxy groups -OCH3 is 1. The predicted molar refractivity (Wildman–Crippen MR) is 102 cm³/mol. The summed E-state index contributed by atoms with van der Waals surface area (Å²) in [4.78, 5) is 13.7. The Morgan fingerprint density at radius 1 is 1.23 bits per heavy atom. The molecule has 1 N–H and O–H groups in total. The number of anilines is 2. The number of rotatable bonds is 6. The van der Waals surface area contributed by atoms with Crippen molar-refractivity contribution in [3.8, 4) is 0 Å². The van der Waals surface area contributed by atoms with Crippen LogP contribution in [0.5, 0.6) is 0 Å². The monoisotopic (exact) mass is 374 g/mol. The van der Waals surface area contributed by atoms with E-state index in [9.17, 15) is 13.2 Å². The third-order valence-corrected chi connectivity index (χ3v) is 5.66. The molecule has 0 saturated heterocycles. The van der Waals surface area contributed by atoms with Crippen LogP contribution in [0.1, 0.15) is 16.7 Å². The third-order valence-electron chi connectivity index (χ3n) is 4.42. The van der Waals surface area contributed by atoms with E-state index in [4.69, 9.17) is 4.74 Å². The van der Waals surface area contributed by atoms with Gasteiger partial charge in [0.2, 0.25) is 10.0 Å². The molecule has 7 heteroatoms. The molecule has 0 spiro atoms. The fourth-order valence-electron chi connectivity index (χ4n) is 3.12. The van der Waals surface area contributed by atoms with E-state index in [0.29, 0.717) is 18.7 Å². The minimum Gasteiger partial charge on any atom is -0.375 e. The van der Waals surface area contributed by atoms with E-state index in [1.54, 1.807) is 23.1 Å². The molecule has 138 valence electrons. The molecular formula is C19H22N2O4S. The van der Waals surface area contributed by atoms with E-state index in [2.05, 4.69) is 4.72 Å². The normalized spacial score (nSPS) is 13.5. The van der Waals surface area contributed by atoms with Gasteiger partial charge in [0, 0.05) is 25.0 Å². The van der Waals surface area contributed by atoms with E-state index in [1.165, 1.54) is 7.11 Å². The third kappa shape index (κ3) is 4.05. The summed E-state index contributed by atoms with van der Waals surface area (Å²) in [7, 11) is -2.03. The number of hydrogen-bond acceptors (Lipinski definition) is 4. The van der Waals surface area contributed by atoms with Gasteiger partial charge in [-0.1, -0.05) is 24.3 Å². The number of amides is 1. The lowest BCUT2D eigenvalue weighted by atomic mass is 10.1. The minimum absolute atomic E-state index is 0.0320. The van der Waals surface area contributed by atoms with Crippen molar-refractivity contribution in [3.05, 3.63) is 59.2 Å². The molecule has 1 amide bonds. The number of ether oxygens (including phenoxy) is 1. The van der Waals surface area contributed by atoms with E-state index in [0.717, 1.165) is 22.4 Å². The van der Waals surface area contributed by atoms with Crippen LogP contribution in [0.4, 0.5) is 11.4 Å². The van der Waals surface area contributed by atoms with Gasteiger partial charge in [-0.25, -0.2) is 8.42 Å². The lowest BCUT2D eigenvalue weighted by Gasteiger charge is -2.17. The van der Waals surface area contributed by atoms with Gasteiger partial charge in [0.15, 0.2) is 0 Å². The van der Waals surface area contributed by atoms with Crippen molar-refractivity contribution in [2.75, 3.05) is 29.9 Å². The molecule has 26 heavy (non-hydrogen) atoms. The smallest absolute Gasteiger partial charge is 0.252 e. The van der Waals surface area contributed by atoms with Crippen molar-refractivity contribution in [1.29, 1.82) is 0 Å². The topological polar surface area (TPSA) is 75.7 Å². The Kier molecular flexibility index (Phi) is 5.29. The highest BCUT2D eigenvalue weighted by Crippen LogP contribution is 2.31. The second kappa shape index (κ2) is 7.47. The maximum atomic E-state index is 12.5. The molecule has 0 bridgehead atoms. The number of fused-ring (bicyclic) bond motifs is 1. The van der Waals surface area contributed by atoms with Gasteiger partial charge in [0.25, 0.3) is 5.91 Å². The van der Waals surface area contributed by atoms with Gasteiger partial charge >= 0.3 is 0 Å². The first kappa shape index (κ1) is 18.4. The number of sulfonamides is 1. The second-order valence-corrected chi connectivity index (χ2v) is 8.08. The molecule has 1 aliphatic heterocycles. The van der Waals surface area contributed by atoms with E-state index >= 15 is 0 Å². The Hall–Kier alpha value is -2.38.